The molecule has 0 bridgehead atoms. The molecule has 2 rings (SSSR count). The van der Waals surface area contributed by atoms with Crippen LogP contribution in [0.3, 0.4) is 0 Å². The van der Waals surface area contributed by atoms with E-state index in [4.69, 9.17) is 0 Å². The van der Waals surface area contributed by atoms with Gasteiger partial charge in [0.15, 0.2) is 0 Å². The minimum Gasteiger partial charge on any atom is -0.125 e. The molecule has 0 nitrogen and oxygen atoms in total. The molecular weight excluding hydrogens is 176 g/mol. The number of thioether (sulfide) groups is 1. The highest BCUT2D eigenvalue weighted by Crippen LogP contribution is 2.37. The van der Waals surface area contributed by atoms with E-state index < -0.39 is 0 Å². The first-order valence-corrected chi connectivity index (χ1v) is 5.94. The van der Waals surface area contributed by atoms with Gasteiger partial charge in [-0.3, -0.25) is 0 Å². The first-order valence-electron chi connectivity index (χ1n) is 4.95. The van der Waals surface area contributed by atoms with Crippen molar-refractivity contribution in [1.82, 2.24) is 0 Å². The lowest BCUT2D eigenvalue weighted by Gasteiger charge is -2.12. The summed E-state index contributed by atoms with van der Waals surface area (Å²) in [6.07, 6.45) is 1.26. The maximum atomic E-state index is 2.32. The fraction of sp³-hybridized carbons (Fsp3) is 0.500. The molecule has 1 heterocycles. The van der Waals surface area contributed by atoms with E-state index >= 15 is 0 Å². The second-order valence-electron chi connectivity index (χ2n) is 4.02. The van der Waals surface area contributed by atoms with Crippen LogP contribution in [0.4, 0.5) is 0 Å². The van der Waals surface area contributed by atoms with Gasteiger partial charge in [0.25, 0.3) is 0 Å². The number of aryl methyl sites for hydroxylation is 1. The molecule has 0 saturated heterocycles. The van der Waals surface area contributed by atoms with Gasteiger partial charge in [-0.05, 0) is 36.0 Å². The molecule has 0 amide bonds. The molecule has 0 N–H and O–H groups in total. The molecule has 0 radical (unpaired) electrons. The van der Waals surface area contributed by atoms with E-state index in [0.717, 1.165) is 0 Å². The van der Waals surface area contributed by atoms with Gasteiger partial charge in [-0.15, -0.1) is 11.8 Å². The number of hydrogen-bond acceptors (Lipinski definition) is 1. The van der Waals surface area contributed by atoms with Gasteiger partial charge in [0, 0.05) is 10.6 Å². The van der Waals surface area contributed by atoms with Gasteiger partial charge < -0.3 is 0 Å². The molecule has 1 aromatic carbocycles. The van der Waals surface area contributed by atoms with Crippen molar-refractivity contribution in [3.63, 3.8) is 0 Å². The van der Waals surface area contributed by atoms with Crippen molar-refractivity contribution >= 4 is 11.8 Å². The van der Waals surface area contributed by atoms with E-state index in [1.165, 1.54) is 23.3 Å². The van der Waals surface area contributed by atoms with Crippen LogP contribution >= 0.6 is 11.8 Å². The van der Waals surface area contributed by atoms with Crippen LogP contribution in [0.2, 0.25) is 0 Å². The Bertz CT molecular complexity index is 326. The maximum absolute atomic E-state index is 2.32. The van der Waals surface area contributed by atoms with Crippen molar-refractivity contribution < 1.29 is 0 Å². The lowest BCUT2D eigenvalue weighted by atomic mass is 9.95. The zero-order valence-corrected chi connectivity index (χ0v) is 9.37. The molecule has 0 aromatic heterocycles. The first-order chi connectivity index (χ1) is 6.20. The van der Waals surface area contributed by atoms with Gasteiger partial charge >= 0.3 is 0 Å². The lowest BCUT2D eigenvalue weighted by molar-refractivity contribution is 0.846. The monoisotopic (exact) mass is 192 g/mol. The summed E-state index contributed by atoms with van der Waals surface area (Å²) in [5, 5.41) is 0. The van der Waals surface area contributed by atoms with Gasteiger partial charge in [0.2, 0.25) is 0 Å². The number of hydrogen-bond donors (Lipinski definition) is 0. The van der Waals surface area contributed by atoms with Crippen molar-refractivity contribution in [1.29, 1.82) is 0 Å². The molecule has 1 aliphatic rings. The molecule has 0 aliphatic carbocycles. The van der Waals surface area contributed by atoms with Crippen LogP contribution in [0.25, 0.3) is 0 Å². The Labute approximate surface area is 84.7 Å². The normalized spacial score (nSPS) is 15.1. The topological polar surface area (TPSA) is 0 Å². The molecule has 1 heteroatoms. The van der Waals surface area contributed by atoms with Crippen molar-refractivity contribution in [2.24, 2.45) is 0 Å². The van der Waals surface area contributed by atoms with Gasteiger partial charge in [-0.2, -0.15) is 0 Å². The molecule has 0 saturated carbocycles. The summed E-state index contributed by atoms with van der Waals surface area (Å²) in [5.41, 5.74) is 4.61. The predicted octanol–water partition coefficient (Wildman–Crippen LogP) is 3.77. The van der Waals surface area contributed by atoms with Crippen LogP contribution in [0.15, 0.2) is 17.0 Å². The quantitative estimate of drug-likeness (QED) is 0.652. The SMILES string of the molecule is Cc1c(C(C)C)ccc2c1SCC2. The molecule has 1 aromatic rings. The van der Waals surface area contributed by atoms with Crippen molar-refractivity contribution in [2.45, 2.75) is 38.0 Å². The van der Waals surface area contributed by atoms with Gasteiger partial charge in [-0.1, -0.05) is 26.0 Å². The fourth-order valence-electron chi connectivity index (χ4n) is 2.05. The number of fused-ring (bicyclic) bond motifs is 1. The molecule has 0 unspecified atom stereocenters. The Morgan fingerprint density at radius 1 is 1.31 bits per heavy atom. The zero-order valence-electron chi connectivity index (χ0n) is 8.55. The first kappa shape index (κ1) is 9.14. The van der Waals surface area contributed by atoms with Crippen molar-refractivity contribution in [3.05, 3.63) is 28.8 Å². The third-order valence-corrected chi connectivity index (χ3v) is 4.03. The molecule has 0 fully saturated rings. The van der Waals surface area contributed by atoms with E-state index in [1.54, 1.807) is 10.5 Å². The third-order valence-electron chi connectivity index (χ3n) is 2.77. The Morgan fingerprint density at radius 2 is 2.08 bits per heavy atom. The van der Waals surface area contributed by atoms with E-state index in [2.05, 4.69) is 32.9 Å². The van der Waals surface area contributed by atoms with Crippen LogP contribution in [0, 0.1) is 6.92 Å². The smallest absolute Gasteiger partial charge is 0.0136 e. The van der Waals surface area contributed by atoms with Crippen molar-refractivity contribution in [2.75, 3.05) is 5.75 Å². The van der Waals surface area contributed by atoms with Crippen molar-refractivity contribution in [3.8, 4) is 0 Å². The summed E-state index contributed by atoms with van der Waals surface area (Å²) >= 11 is 2.03. The van der Waals surface area contributed by atoms with E-state index in [1.807, 2.05) is 11.8 Å². The van der Waals surface area contributed by atoms with Crippen LogP contribution in [0.1, 0.15) is 36.5 Å². The largest absolute Gasteiger partial charge is 0.125 e. The summed E-state index contributed by atoms with van der Waals surface area (Å²) in [7, 11) is 0. The average molecular weight is 192 g/mol. The van der Waals surface area contributed by atoms with Gasteiger partial charge in [0.05, 0.1) is 0 Å². The van der Waals surface area contributed by atoms with Gasteiger partial charge in [-0.25, -0.2) is 0 Å². The average Bonchev–Trinajstić information content (AvgIpc) is 2.52. The molecule has 70 valence electrons. The third kappa shape index (κ3) is 1.50. The molecular formula is C12H16S. The molecule has 0 atom stereocenters. The minimum absolute atomic E-state index is 0.659. The second kappa shape index (κ2) is 3.38. The molecule has 1 aliphatic heterocycles. The summed E-state index contributed by atoms with van der Waals surface area (Å²) < 4.78 is 0. The number of rotatable bonds is 1. The van der Waals surface area contributed by atoms with Gasteiger partial charge in [0.1, 0.15) is 0 Å². The summed E-state index contributed by atoms with van der Waals surface area (Å²) in [6, 6.07) is 4.63. The second-order valence-corrected chi connectivity index (χ2v) is 5.13. The van der Waals surface area contributed by atoms with E-state index in [0.29, 0.717) is 5.92 Å². The Kier molecular flexibility index (Phi) is 2.37. The highest BCUT2D eigenvalue weighted by atomic mass is 32.2. The van der Waals surface area contributed by atoms with Crippen LogP contribution < -0.4 is 0 Å². The minimum atomic E-state index is 0.659. The van der Waals surface area contributed by atoms with Crippen LogP contribution in [-0.4, -0.2) is 5.75 Å². The highest BCUT2D eigenvalue weighted by molar-refractivity contribution is 7.99. The Hall–Kier alpha value is -0.430. The zero-order chi connectivity index (χ0) is 9.42. The van der Waals surface area contributed by atoms with Crippen LogP contribution in [0.5, 0.6) is 0 Å². The fourth-order valence-corrected chi connectivity index (χ4v) is 3.27. The highest BCUT2D eigenvalue weighted by Gasteiger charge is 2.16. The lowest BCUT2D eigenvalue weighted by Crippen LogP contribution is -1.94. The molecule has 0 spiro atoms. The standard InChI is InChI=1S/C12H16S/c1-8(2)11-5-4-10-6-7-13-12(10)9(11)3/h4-5,8H,6-7H2,1-3H3. The molecule has 13 heavy (non-hydrogen) atoms. The maximum Gasteiger partial charge on any atom is 0.0136 e. The van der Waals surface area contributed by atoms with E-state index in [9.17, 15) is 0 Å². The van der Waals surface area contributed by atoms with E-state index in [-0.39, 0.29) is 0 Å². The van der Waals surface area contributed by atoms with Crippen LogP contribution in [-0.2, 0) is 6.42 Å². The summed E-state index contributed by atoms with van der Waals surface area (Å²) in [5.74, 6) is 1.93. The Balaban J connectivity index is 2.52. The summed E-state index contributed by atoms with van der Waals surface area (Å²) in [6.45, 7) is 6.81. The summed E-state index contributed by atoms with van der Waals surface area (Å²) in [4.78, 5) is 1.56. The predicted molar refractivity (Wildman–Crippen MR) is 59.7 cm³/mol. The Morgan fingerprint density at radius 3 is 2.77 bits per heavy atom. The number of benzene rings is 1.